The van der Waals surface area contributed by atoms with Gasteiger partial charge in [-0.15, -0.1) is 0 Å². The van der Waals surface area contributed by atoms with Crippen molar-refractivity contribution in [3.63, 3.8) is 0 Å². The van der Waals surface area contributed by atoms with Crippen LogP contribution in [0.25, 0.3) is 0 Å². The fourth-order valence-corrected chi connectivity index (χ4v) is 4.51. The number of aliphatic hydroxyl groups excluding tert-OH is 1. The summed E-state index contributed by atoms with van der Waals surface area (Å²) in [5, 5.41) is 26.2. The molecule has 2 aromatic rings. The zero-order valence-corrected chi connectivity index (χ0v) is 18.6. The Morgan fingerprint density at radius 2 is 1.90 bits per heavy atom. The Kier molecular flexibility index (Phi) is 6.10. The molecule has 164 valence electrons. The van der Waals surface area contributed by atoms with Gasteiger partial charge in [-0.25, -0.2) is 0 Å². The number of oxime groups is 1. The highest BCUT2D eigenvalue weighted by Gasteiger charge is 2.32. The first-order valence-corrected chi connectivity index (χ1v) is 11.0. The number of rotatable bonds is 6. The quantitative estimate of drug-likeness (QED) is 0.553. The number of nitrogens with zero attached hydrogens (tertiary/aromatic N) is 3. The van der Waals surface area contributed by atoms with Gasteiger partial charge < -0.3 is 15.1 Å². The number of phenols is 1. The van der Waals surface area contributed by atoms with E-state index in [0.29, 0.717) is 19.2 Å². The number of aliphatic hydroxyl groups is 1. The van der Waals surface area contributed by atoms with E-state index < -0.39 is 0 Å². The number of aryl methyl sites for hydroxylation is 1. The molecule has 0 atom stereocenters. The van der Waals surface area contributed by atoms with Crippen molar-refractivity contribution >= 4 is 5.71 Å². The number of hydrogen-bond donors (Lipinski definition) is 2. The van der Waals surface area contributed by atoms with Crippen LogP contribution in [0.2, 0.25) is 0 Å². The second-order valence-electron chi connectivity index (χ2n) is 9.20. The van der Waals surface area contributed by atoms with Crippen molar-refractivity contribution in [2.75, 3.05) is 13.3 Å². The van der Waals surface area contributed by atoms with Crippen LogP contribution in [0.5, 0.6) is 5.75 Å². The molecule has 6 nitrogen and oxygen atoms in total. The van der Waals surface area contributed by atoms with Crippen LogP contribution in [0.4, 0.5) is 0 Å². The van der Waals surface area contributed by atoms with Crippen LogP contribution < -0.4 is 10.7 Å². The van der Waals surface area contributed by atoms with Gasteiger partial charge in [0, 0.05) is 12.2 Å². The predicted octanol–water partition coefficient (Wildman–Crippen LogP) is 3.51. The van der Waals surface area contributed by atoms with Crippen LogP contribution in [0.3, 0.4) is 0 Å². The lowest BCUT2D eigenvalue weighted by Gasteiger charge is -2.36. The molecule has 0 aromatic heterocycles. The third kappa shape index (κ3) is 4.64. The maximum absolute atomic E-state index is 10.3. The number of phenolic OH excluding ortho intramolecular Hbond substituents is 1. The van der Waals surface area contributed by atoms with Gasteiger partial charge in [0.25, 0.3) is 0 Å². The second kappa shape index (κ2) is 8.79. The minimum atomic E-state index is 0.0182. The molecule has 0 bridgehead atoms. The van der Waals surface area contributed by atoms with Crippen molar-refractivity contribution in [2.45, 2.75) is 59.0 Å². The Balaban J connectivity index is 1.52. The molecule has 1 fully saturated rings. The van der Waals surface area contributed by atoms with Gasteiger partial charge in [0.15, 0.2) is 0 Å². The Morgan fingerprint density at radius 1 is 1.16 bits per heavy atom. The fourth-order valence-electron chi connectivity index (χ4n) is 4.51. The molecule has 0 unspecified atom stereocenters. The minimum Gasteiger partial charge on any atom is -0.508 e. The highest BCUT2D eigenvalue weighted by atomic mass is 16.6. The Morgan fingerprint density at radius 3 is 2.65 bits per heavy atom. The fraction of sp³-hybridized carbons (Fsp3) is 0.480. The molecule has 6 heteroatoms. The van der Waals surface area contributed by atoms with E-state index in [9.17, 15) is 10.2 Å². The van der Waals surface area contributed by atoms with Gasteiger partial charge >= 0.3 is 0 Å². The van der Waals surface area contributed by atoms with E-state index in [4.69, 9.17) is 4.84 Å². The van der Waals surface area contributed by atoms with Gasteiger partial charge in [-0.2, -0.15) is 0 Å². The number of aromatic hydroxyl groups is 1. The largest absolute Gasteiger partial charge is 0.508 e. The first kappa shape index (κ1) is 21.5. The molecular weight excluding hydrogens is 390 g/mol. The number of fused-ring (bicyclic) bond motifs is 1. The van der Waals surface area contributed by atoms with Gasteiger partial charge in [-0.3, -0.25) is 9.98 Å². The van der Waals surface area contributed by atoms with E-state index in [1.807, 2.05) is 38.1 Å². The first-order valence-electron chi connectivity index (χ1n) is 11.0. The smallest absolute Gasteiger partial charge is 0.142 e. The molecule has 2 N–H and O–H groups in total. The van der Waals surface area contributed by atoms with Gasteiger partial charge in [0.05, 0.1) is 16.4 Å². The summed E-state index contributed by atoms with van der Waals surface area (Å²) in [5.41, 5.74) is 4.78. The van der Waals surface area contributed by atoms with Crippen LogP contribution in [0.1, 0.15) is 67.7 Å². The van der Waals surface area contributed by atoms with Crippen LogP contribution in [0.15, 0.2) is 45.5 Å². The van der Waals surface area contributed by atoms with Crippen LogP contribution >= 0.6 is 0 Å². The number of benzene rings is 2. The topological polar surface area (TPSA) is 86.8 Å². The summed E-state index contributed by atoms with van der Waals surface area (Å²) in [7, 11) is 0. The minimum absolute atomic E-state index is 0.0182. The van der Waals surface area contributed by atoms with E-state index in [-0.39, 0.29) is 17.8 Å². The lowest BCUT2D eigenvalue weighted by Crippen LogP contribution is -2.27. The Hall–Kier alpha value is -2.73. The van der Waals surface area contributed by atoms with Crippen molar-refractivity contribution in [2.24, 2.45) is 20.6 Å². The van der Waals surface area contributed by atoms with E-state index in [2.05, 4.69) is 28.1 Å². The molecule has 0 saturated heterocycles. The molecule has 1 saturated carbocycles. The molecule has 2 aromatic carbocycles. The van der Waals surface area contributed by atoms with E-state index in [1.54, 1.807) is 0 Å². The molecule has 1 aliphatic carbocycles. The van der Waals surface area contributed by atoms with Gasteiger partial charge in [0.2, 0.25) is 0 Å². The summed E-state index contributed by atoms with van der Waals surface area (Å²) in [6.45, 7) is 7.09. The van der Waals surface area contributed by atoms with Crippen LogP contribution in [-0.4, -0.2) is 29.2 Å². The SMILES string of the molecule is CC(=NOCc1ccc2c(c1)=NCN=2)c1cc(O)c(C)cc1[C@H]1CC[C@@](C)(CO)CC1. The zero-order chi connectivity index (χ0) is 22.0. The molecule has 1 heterocycles. The van der Waals surface area contributed by atoms with Crippen molar-refractivity contribution in [3.05, 3.63) is 63.3 Å². The average molecular weight is 422 g/mol. The average Bonchev–Trinajstić information content (AvgIpc) is 3.24. The van der Waals surface area contributed by atoms with E-state index in [1.165, 1.54) is 5.56 Å². The Bertz CT molecular complexity index is 1120. The number of hydrogen-bond acceptors (Lipinski definition) is 6. The molecule has 0 radical (unpaired) electrons. The predicted molar refractivity (Wildman–Crippen MR) is 120 cm³/mol. The highest BCUT2D eigenvalue weighted by Crippen LogP contribution is 2.44. The van der Waals surface area contributed by atoms with E-state index in [0.717, 1.165) is 58.8 Å². The van der Waals surface area contributed by atoms with Crippen LogP contribution in [0, 0.1) is 12.3 Å². The molecule has 0 spiro atoms. The normalized spacial score (nSPS) is 23.1. The Labute approximate surface area is 183 Å². The molecule has 4 rings (SSSR count). The second-order valence-corrected chi connectivity index (χ2v) is 9.20. The van der Waals surface area contributed by atoms with Crippen molar-refractivity contribution < 1.29 is 15.1 Å². The summed E-state index contributed by atoms with van der Waals surface area (Å²) in [4.78, 5) is 14.3. The maximum Gasteiger partial charge on any atom is 0.142 e. The third-order valence-electron chi connectivity index (χ3n) is 6.73. The molecule has 31 heavy (non-hydrogen) atoms. The lowest BCUT2D eigenvalue weighted by atomic mass is 9.69. The van der Waals surface area contributed by atoms with Crippen LogP contribution in [-0.2, 0) is 11.4 Å². The molecule has 1 aliphatic heterocycles. The summed E-state index contributed by atoms with van der Waals surface area (Å²) in [5.74, 6) is 0.662. The standard InChI is InChI=1S/C25H31N3O3/c1-16-10-21(19-6-8-25(3,14-29)9-7-19)20(12-24(16)30)17(2)28-31-13-18-4-5-22-23(11-18)27-15-26-22/h4-5,10-12,19,29-30H,6-9,13-15H2,1-3H3/t19-,25+. The zero-order valence-electron chi connectivity index (χ0n) is 18.6. The highest BCUT2D eigenvalue weighted by molar-refractivity contribution is 6.00. The first-order chi connectivity index (χ1) is 14.9. The molecule has 2 aliphatic rings. The molecular formula is C25H31N3O3. The molecule has 0 amide bonds. The van der Waals surface area contributed by atoms with Crippen molar-refractivity contribution in [3.8, 4) is 5.75 Å². The van der Waals surface area contributed by atoms with Gasteiger partial charge in [-0.05, 0) is 85.8 Å². The monoisotopic (exact) mass is 421 g/mol. The van der Waals surface area contributed by atoms with E-state index >= 15 is 0 Å². The summed E-state index contributed by atoms with van der Waals surface area (Å²) in [6, 6.07) is 9.82. The summed E-state index contributed by atoms with van der Waals surface area (Å²) >= 11 is 0. The van der Waals surface area contributed by atoms with Crippen molar-refractivity contribution in [1.29, 1.82) is 0 Å². The van der Waals surface area contributed by atoms with Gasteiger partial charge in [-0.1, -0.05) is 24.2 Å². The van der Waals surface area contributed by atoms with Gasteiger partial charge in [0.1, 0.15) is 19.0 Å². The lowest BCUT2D eigenvalue weighted by molar-refractivity contribution is 0.0934. The van der Waals surface area contributed by atoms with Crippen molar-refractivity contribution in [1.82, 2.24) is 0 Å². The maximum atomic E-state index is 10.3. The third-order valence-corrected chi connectivity index (χ3v) is 6.73. The summed E-state index contributed by atoms with van der Waals surface area (Å²) < 4.78 is 0. The summed E-state index contributed by atoms with van der Waals surface area (Å²) in [6.07, 6.45) is 4.03.